The molecule has 1 aliphatic rings. The lowest BCUT2D eigenvalue weighted by molar-refractivity contribution is -0.302. The Morgan fingerprint density at radius 2 is 1.09 bits per heavy atom. The average molecular weight is 768 g/mol. The number of unbranched alkanes of at least 4 members (excludes halogenated alkanes) is 20. The molecular weight excluding hydrogens is 686 g/mol. The molecule has 1 fully saturated rings. The first-order chi connectivity index (χ1) is 26.3. The number of rotatable bonds is 35. The van der Waals surface area contributed by atoms with Gasteiger partial charge in [0.05, 0.1) is 25.4 Å². The van der Waals surface area contributed by atoms with Crippen LogP contribution < -0.4 is 5.32 Å². The Labute approximate surface area is 328 Å². The van der Waals surface area contributed by atoms with Crippen molar-refractivity contribution in [2.45, 2.75) is 223 Å². The quantitative estimate of drug-likeness (QED) is 0.0256. The Hall–Kier alpha value is -1.63. The monoisotopic (exact) mass is 768 g/mol. The van der Waals surface area contributed by atoms with E-state index < -0.39 is 61.5 Å². The highest BCUT2D eigenvalue weighted by Crippen LogP contribution is 2.22. The molecule has 0 aliphatic carbocycles. The molecule has 316 valence electrons. The van der Waals surface area contributed by atoms with E-state index in [0.29, 0.717) is 12.8 Å². The van der Waals surface area contributed by atoms with Crippen molar-refractivity contribution >= 4 is 5.91 Å². The normalized spacial score (nSPS) is 22.4. The first-order valence-corrected chi connectivity index (χ1v) is 21.8. The van der Waals surface area contributed by atoms with Crippen molar-refractivity contribution in [2.75, 3.05) is 13.2 Å². The molecule has 10 nitrogen and oxygen atoms in total. The van der Waals surface area contributed by atoms with Crippen LogP contribution in [0, 0.1) is 0 Å². The SMILES string of the molecule is CCCCCCCC/C=C\CCCCC(O)C(=O)NC(COC1OC(CO)C(O)C(O)C1O)C(O)/C=C/CC/C=C/CCCCCCCCCCCCC. The van der Waals surface area contributed by atoms with E-state index in [1.807, 2.05) is 6.08 Å². The van der Waals surface area contributed by atoms with E-state index in [1.54, 1.807) is 6.08 Å². The van der Waals surface area contributed by atoms with Crippen molar-refractivity contribution < 1.29 is 44.9 Å². The van der Waals surface area contributed by atoms with Crippen molar-refractivity contribution in [3.63, 3.8) is 0 Å². The standard InChI is InChI=1S/C44H81NO9/c1-3-5-7-9-11-13-15-17-18-19-20-21-23-24-26-28-30-32-37(47)36(35-53-44-42(51)41(50)40(49)39(34-46)54-44)45-43(52)38(48)33-31-29-27-25-22-16-14-12-10-8-6-4-2/h22-25,30,32,36-42,44,46-51H,3-21,26-29,31,33-35H2,1-2H3,(H,45,52)/b24-23+,25-22-,32-30+. The summed E-state index contributed by atoms with van der Waals surface area (Å²) < 4.78 is 11.1. The Balaban J connectivity index is 2.50. The van der Waals surface area contributed by atoms with E-state index in [-0.39, 0.29) is 13.0 Å². The summed E-state index contributed by atoms with van der Waals surface area (Å²) >= 11 is 0. The predicted molar refractivity (Wildman–Crippen MR) is 218 cm³/mol. The number of hydrogen-bond acceptors (Lipinski definition) is 9. The van der Waals surface area contributed by atoms with E-state index in [2.05, 4.69) is 43.5 Å². The molecule has 1 rings (SSSR count). The van der Waals surface area contributed by atoms with E-state index in [9.17, 15) is 35.4 Å². The molecule has 10 heteroatoms. The average Bonchev–Trinajstić information content (AvgIpc) is 3.17. The van der Waals surface area contributed by atoms with Crippen LogP contribution in [0.2, 0.25) is 0 Å². The maximum absolute atomic E-state index is 13.0. The third-order valence-electron chi connectivity index (χ3n) is 10.3. The van der Waals surface area contributed by atoms with Crippen molar-refractivity contribution in [2.24, 2.45) is 0 Å². The summed E-state index contributed by atoms with van der Waals surface area (Å²) in [5.74, 6) is -0.645. The minimum absolute atomic E-state index is 0.273. The first-order valence-electron chi connectivity index (χ1n) is 21.8. The smallest absolute Gasteiger partial charge is 0.249 e. The fourth-order valence-corrected chi connectivity index (χ4v) is 6.64. The van der Waals surface area contributed by atoms with Gasteiger partial charge in [-0.25, -0.2) is 0 Å². The van der Waals surface area contributed by atoms with Crippen LogP contribution in [-0.2, 0) is 14.3 Å². The minimum atomic E-state index is -1.62. The predicted octanol–water partition coefficient (Wildman–Crippen LogP) is 7.47. The van der Waals surface area contributed by atoms with Gasteiger partial charge in [-0.05, 0) is 57.8 Å². The summed E-state index contributed by atoms with van der Waals surface area (Å²) in [5.41, 5.74) is 0. The van der Waals surface area contributed by atoms with E-state index in [0.717, 1.165) is 32.1 Å². The molecule has 1 amide bonds. The Kier molecular flexibility index (Phi) is 32.3. The molecule has 0 radical (unpaired) electrons. The summed E-state index contributed by atoms with van der Waals surface area (Å²) in [6, 6.07) is -1.00. The molecule has 8 atom stereocenters. The second kappa shape index (κ2) is 34.6. The zero-order chi connectivity index (χ0) is 39.7. The van der Waals surface area contributed by atoms with Crippen LogP contribution >= 0.6 is 0 Å². The number of amides is 1. The van der Waals surface area contributed by atoms with E-state index in [4.69, 9.17) is 9.47 Å². The third kappa shape index (κ3) is 24.8. The summed E-state index contributed by atoms with van der Waals surface area (Å²) in [6.07, 6.45) is 30.9. The van der Waals surface area contributed by atoms with Crippen LogP contribution in [0.5, 0.6) is 0 Å². The van der Waals surface area contributed by atoms with Gasteiger partial charge in [-0.2, -0.15) is 0 Å². The number of aliphatic hydroxyl groups is 6. The van der Waals surface area contributed by atoms with Gasteiger partial charge >= 0.3 is 0 Å². The van der Waals surface area contributed by atoms with Crippen molar-refractivity contribution in [1.29, 1.82) is 0 Å². The van der Waals surface area contributed by atoms with Gasteiger partial charge in [0.2, 0.25) is 5.91 Å². The van der Waals surface area contributed by atoms with Crippen molar-refractivity contribution in [1.82, 2.24) is 5.32 Å². The van der Waals surface area contributed by atoms with Crippen LogP contribution in [0.3, 0.4) is 0 Å². The van der Waals surface area contributed by atoms with Gasteiger partial charge in [-0.3, -0.25) is 4.79 Å². The molecule has 0 aromatic carbocycles. The molecule has 0 aromatic heterocycles. The highest BCUT2D eigenvalue weighted by molar-refractivity contribution is 5.80. The van der Waals surface area contributed by atoms with Crippen LogP contribution in [0.15, 0.2) is 36.5 Å². The number of carbonyl (C=O) groups excluding carboxylic acids is 1. The number of ether oxygens (including phenoxy) is 2. The Morgan fingerprint density at radius 1 is 0.630 bits per heavy atom. The van der Waals surface area contributed by atoms with Crippen molar-refractivity contribution in [3.05, 3.63) is 36.5 Å². The molecule has 0 spiro atoms. The second-order valence-electron chi connectivity index (χ2n) is 15.3. The molecule has 1 heterocycles. The summed E-state index contributed by atoms with van der Waals surface area (Å²) in [5, 5.41) is 64.4. The maximum Gasteiger partial charge on any atom is 0.249 e. The fraction of sp³-hybridized carbons (Fsp3) is 0.841. The molecule has 1 aliphatic heterocycles. The lowest BCUT2D eigenvalue weighted by Crippen LogP contribution is -2.60. The van der Waals surface area contributed by atoms with Gasteiger partial charge in [-0.15, -0.1) is 0 Å². The molecule has 0 saturated carbocycles. The van der Waals surface area contributed by atoms with Gasteiger partial charge in [0.15, 0.2) is 6.29 Å². The molecule has 1 saturated heterocycles. The van der Waals surface area contributed by atoms with Crippen molar-refractivity contribution in [3.8, 4) is 0 Å². The zero-order valence-electron chi connectivity index (χ0n) is 34.1. The topological polar surface area (TPSA) is 169 Å². The highest BCUT2D eigenvalue weighted by atomic mass is 16.7. The molecule has 54 heavy (non-hydrogen) atoms. The molecular formula is C44H81NO9. The van der Waals surface area contributed by atoms with Crippen LogP contribution in [0.25, 0.3) is 0 Å². The van der Waals surface area contributed by atoms with Gasteiger partial charge < -0.3 is 45.4 Å². The number of allylic oxidation sites excluding steroid dienone is 5. The largest absolute Gasteiger partial charge is 0.394 e. The van der Waals surface area contributed by atoms with E-state index in [1.165, 1.54) is 109 Å². The van der Waals surface area contributed by atoms with Crippen LogP contribution in [0.1, 0.15) is 174 Å². The zero-order valence-corrected chi connectivity index (χ0v) is 34.1. The molecule has 0 bridgehead atoms. The summed E-state index contributed by atoms with van der Waals surface area (Å²) in [4.78, 5) is 13.0. The second-order valence-corrected chi connectivity index (χ2v) is 15.3. The Morgan fingerprint density at radius 3 is 1.61 bits per heavy atom. The van der Waals surface area contributed by atoms with Gasteiger partial charge in [0.25, 0.3) is 0 Å². The first kappa shape index (κ1) is 50.4. The van der Waals surface area contributed by atoms with Gasteiger partial charge in [0.1, 0.15) is 30.5 Å². The number of nitrogens with one attached hydrogen (secondary N) is 1. The highest BCUT2D eigenvalue weighted by Gasteiger charge is 2.44. The Bertz CT molecular complexity index is 958. The molecule has 0 aromatic rings. The lowest BCUT2D eigenvalue weighted by atomic mass is 9.99. The van der Waals surface area contributed by atoms with Gasteiger partial charge in [0, 0.05) is 0 Å². The van der Waals surface area contributed by atoms with Gasteiger partial charge in [-0.1, -0.05) is 153 Å². The third-order valence-corrected chi connectivity index (χ3v) is 10.3. The lowest BCUT2D eigenvalue weighted by Gasteiger charge is -2.40. The van der Waals surface area contributed by atoms with Crippen LogP contribution in [0.4, 0.5) is 0 Å². The molecule has 7 N–H and O–H groups in total. The number of aliphatic hydroxyl groups excluding tert-OH is 6. The number of carbonyl (C=O) groups is 1. The summed E-state index contributed by atoms with van der Waals surface area (Å²) in [7, 11) is 0. The molecule has 8 unspecified atom stereocenters. The van der Waals surface area contributed by atoms with E-state index >= 15 is 0 Å². The fourth-order valence-electron chi connectivity index (χ4n) is 6.64. The maximum atomic E-state index is 13.0. The minimum Gasteiger partial charge on any atom is -0.394 e. The number of hydrogen-bond donors (Lipinski definition) is 7. The van der Waals surface area contributed by atoms with Crippen LogP contribution in [-0.4, -0.2) is 98.7 Å². The summed E-state index contributed by atoms with van der Waals surface area (Å²) in [6.45, 7) is 3.55.